The summed E-state index contributed by atoms with van der Waals surface area (Å²) >= 11 is 2.06. The Hall–Kier alpha value is -2.01. The van der Waals surface area contributed by atoms with E-state index in [9.17, 15) is 4.91 Å². The quantitative estimate of drug-likeness (QED) is 0.624. The molecule has 0 amide bonds. The molecule has 5 nitrogen and oxygen atoms in total. The predicted molar refractivity (Wildman–Crippen MR) is 73.6 cm³/mol. The molecule has 0 N–H and O–H groups in total. The van der Waals surface area contributed by atoms with Crippen molar-refractivity contribution in [3.63, 3.8) is 0 Å². The second kappa shape index (κ2) is 5.55. The van der Waals surface area contributed by atoms with Crippen LogP contribution in [0, 0.1) is 19.8 Å². The molecule has 0 aliphatic rings. The number of nitroso groups, excluding NO2 is 1. The SMILES string of the molecule is N#Cc1ccc(Oc2ccc(N=O)cn2)cc1I. The van der Waals surface area contributed by atoms with Crippen molar-refractivity contribution in [1.82, 2.24) is 4.98 Å². The number of nitrogens with zero attached hydrogens (tertiary/aromatic N) is 3. The molecule has 0 spiro atoms. The second-order valence-corrected chi connectivity index (χ2v) is 4.46. The van der Waals surface area contributed by atoms with Crippen molar-refractivity contribution >= 4 is 28.3 Å². The van der Waals surface area contributed by atoms with Crippen molar-refractivity contribution in [1.29, 1.82) is 5.26 Å². The van der Waals surface area contributed by atoms with Crippen LogP contribution < -0.4 is 4.74 Å². The molecule has 2 aromatic rings. The van der Waals surface area contributed by atoms with Crippen molar-refractivity contribution in [2.75, 3.05) is 0 Å². The lowest BCUT2D eigenvalue weighted by Gasteiger charge is -2.05. The minimum absolute atomic E-state index is 0.247. The highest BCUT2D eigenvalue weighted by molar-refractivity contribution is 14.1. The fourth-order valence-electron chi connectivity index (χ4n) is 1.26. The largest absolute Gasteiger partial charge is 0.439 e. The topological polar surface area (TPSA) is 75.3 Å². The molecular formula is C12H6IN3O2. The standard InChI is InChI=1S/C12H6IN3O2/c13-11-5-10(3-1-8(11)6-14)18-12-4-2-9(16-17)7-15-12/h1-5,7H. The highest BCUT2D eigenvalue weighted by atomic mass is 127. The Morgan fingerprint density at radius 2 is 2.17 bits per heavy atom. The summed E-state index contributed by atoms with van der Waals surface area (Å²) in [5, 5.41) is 11.6. The van der Waals surface area contributed by atoms with Crippen LogP contribution in [0.25, 0.3) is 0 Å². The number of rotatable bonds is 3. The summed E-state index contributed by atoms with van der Waals surface area (Å²) in [6, 6.07) is 10.3. The maximum absolute atomic E-state index is 10.2. The minimum Gasteiger partial charge on any atom is -0.439 e. The van der Waals surface area contributed by atoms with E-state index in [0.717, 1.165) is 3.57 Å². The average Bonchev–Trinajstić information content (AvgIpc) is 2.40. The number of nitriles is 1. The molecule has 1 aromatic heterocycles. The van der Waals surface area contributed by atoms with Gasteiger partial charge in [0.2, 0.25) is 5.88 Å². The summed E-state index contributed by atoms with van der Waals surface area (Å²) in [6.07, 6.45) is 1.33. The molecule has 0 fully saturated rings. The molecule has 0 bridgehead atoms. The van der Waals surface area contributed by atoms with E-state index in [1.165, 1.54) is 12.3 Å². The third-order valence-corrected chi connectivity index (χ3v) is 3.00. The maximum atomic E-state index is 10.2. The molecule has 1 aromatic carbocycles. The van der Waals surface area contributed by atoms with Crippen molar-refractivity contribution in [2.24, 2.45) is 5.18 Å². The summed E-state index contributed by atoms with van der Waals surface area (Å²) < 4.78 is 6.29. The summed E-state index contributed by atoms with van der Waals surface area (Å²) in [6.45, 7) is 0. The predicted octanol–water partition coefficient (Wildman–Crippen LogP) is 3.75. The Morgan fingerprint density at radius 1 is 1.33 bits per heavy atom. The summed E-state index contributed by atoms with van der Waals surface area (Å²) in [7, 11) is 0. The number of halogens is 1. The van der Waals surface area contributed by atoms with Gasteiger partial charge in [-0.15, -0.1) is 4.91 Å². The highest BCUT2D eigenvalue weighted by Crippen LogP contribution is 2.24. The monoisotopic (exact) mass is 351 g/mol. The van der Waals surface area contributed by atoms with Gasteiger partial charge in [0.15, 0.2) is 0 Å². The van der Waals surface area contributed by atoms with Gasteiger partial charge in [-0.05, 0) is 52.0 Å². The van der Waals surface area contributed by atoms with Gasteiger partial charge >= 0.3 is 0 Å². The number of benzene rings is 1. The third-order valence-electron chi connectivity index (χ3n) is 2.11. The van der Waals surface area contributed by atoms with Crippen molar-refractivity contribution in [3.05, 3.63) is 50.6 Å². The number of aromatic nitrogens is 1. The molecule has 0 aliphatic heterocycles. The molecule has 18 heavy (non-hydrogen) atoms. The van der Waals surface area contributed by atoms with Crippen LogP contribution in [0.5, 0.6) is 11.6 Å². The van der Waals surface area contributed by atoms with Gasteiger partial charge in [0.05, 0.1) is 11.8 Å². The minimum atomic E-state index is 0.247. The Balaban J connectivity index is 2.20. The first-order chi connectivity index (χ1) is 8.72. The van der Waals surface area contributed by atoms with Crippen molar-refractivity contribution < 1.29 is 4.74 Å². The first kappa shape index (κ1) is 12.4. The van der Waals surface area contributed by atoms with Gasteiger partial charge in [-0.3, -0.25) is 0 Å². The third kappa shape index (κ3) is 2.81. The van der Waals surface area contributed by atoms with Crippen LogP contribution >= 0.6 is 22.6 Å². The van der Waals surface area contributed by atoms with Gasteiger partial charge in [0, 0.05) is 9.64 Å². The zero-order valence-electron chi connectivity index (χ0n) is 9.00. The molecule has 6 heteroatoms. The normalized spacial score (nSPS) is 9.56. The fourth-order valence-corrected chi connectivity index (χ4v) is 1.86. The number of hydrogen-bond donors (Lipinski definition) is 0. The molecule has 0 saturated carbocycles. The van der Waals surface area contributed by atoms with Gasteiger partial charge in [0.25, 0.3) is 0 Å². The lowest BCUT2D eigenvalue weighted by molar-refractivity contribution is 0.462. The van der Waals surface area contributed by atoms with Crippen LogP contribution in [0.2, 0.25) is 0 Å². The number of hydrogen-bond acceptors (Lipinski definition) is 5. The molecule has 0 unspecified atom stereocenters. The average molecular weight is 351 g/mol. The van der Waals surface area contributed by atoms with Crippen LogP contribution in [0.4, 0.5) is 5.69 Å². The Labute approximate surface area is 117 Å². The number of ether oxygens (including phenoxy) is 1. The van der Waals surface area contributed by atoms with Gasteiger partial charge < -0.3 is 4.74 Å². The Morgan fingerprint density at radius 3 is 2.72 bits per heavy atom. The lowest BCUT2D eigenvalue weighted by Crippen LogP contribution is -1.89. The highest BCUT2D eigenvalue weighted by Gasteiger charge is 2.03. The molecule has 0 saturated heterocycles. The van der Waals surface area contributed by atoms with E-state index in [-0.39, 0.29) is 5.69 Å². The van der Waals surface area contributed by atoms with Gasteiger partial charge in [-0.25, -0.2) is 4.98 Å². The zero-order valence-corrected chi connectivity index (χ0v) is 11.2. The first-order valence-electron chi connectivity index (χ1n) is 4.90. The Bertz CT molecular complexity index is 620. The molecular weight excluding hydrogens is 345 g/mol. The van der Waals surface area contributed by atoms with Crippen molar-refractivity contribution in [2.45, 2.75) is 0 Å². The van der Waals surface area contributed by atoms with Crippen LogP contribution in [0.15, 0.2) is 41.7 Å². The molecule has 0 atom stereocenters. The number of pyridine rings is 1. The zero-order chi connectivity index (χ0) is 13.0. The molecule has 1 heterocycles. The molecule has 0 aliphatic carbocycles. The van der Waals surface area contributed by atoms with Gasteiger partial charge in [-0.2, -0.15) is 5.26 Å². The van der Waals surface area contributed by atoms with Gasteiger partial charge in [0.1, 0.15) is 17.5 Å². The van der Waals surface area contributed by atoms with E-state index in [2.05, 4.69) is 38.8 Å². The van der Waals surface area contributed by atoms with E-state index in [1.54, 1.807) is 24.3 Å². The van der Waals surface area contributed by atoms with E-state index in [0.29, 0.717) is 17.2 Å². The van der Waals surface area contributed by atoms with Crippen molar-refractivity contribution in [3.8, 4) is 17.7 Å². The first-order valence-corrected chi connectivity index (χ1v) is 5.97. The molecule has 0 radical (unpaired) electrons. The van der Waals surface area contributed by atoms with E-state index >= 15 is 0 Å². The van der Waals surface area contributed by atoms with Crippen LogP contribution in [-0.4, -0.2) is 4.98 Å². The second-order valence-electron chi connectivity index (χ2n) is 3.30. The van der Waals surface area contributed by atoms with E-state index < -0.39 is 0 Å². The molecule has 2 rings (SSSR count). The van der Waals surface area contributed by atoms with Crippen LogP contribution in [0.1, 0.15) is 5.56 Å². The van der Waals surface area contributed by atoms with E-state index in [1.807, 2.05) is 0 Å². The lowest BCUT2D eigenvalue weighted by atomic mass is 10.2. The smallest absolute Gasteiger partial charge is 0.219 e. The van der Waals surface area contributed by atoms with Crippen LogP contribution in [-0.2, 0) is 0 Å². The maximum Gasteiger partial charge on any atom is 0.219 e. The van der Waals surface area contributed by atoms with E-state index in [4.69, 9.17) is 10.00 Å². The Kier molecular flexibility index (Phi) is 3.84. The van der Waals surface area contributed by atoms with Crippen LogP contribution in [0.3, 0.4) is 0 Å². The summed E-state index contributed by atoms with van der Waals surface area (Å²) in [5.41, 5.74) is 0.841. The summed E-state index contributed by atoms with van der Waals surface area (Å²) in [4.78, 5) is 14.2. The molecule has 88 valence electrons. The van der Waals surface area contributed by atoms with Gasteiger partial charge in [-0.1, -0.05) is 0 Å². The fraction of sp³-hybridized carbons (Fsp3) is 0. The summed E-state index contributed by atoms with van der Waals surface area (Å²) in [5.74, 6) is 0.945.